The van der Waals surface area contributed by atoms with Gasteiger partial charge in [0.05, 0.1) is 5.69 Å². The Morgan fingerprint density at radius 2 is 1.64 bits per heavy atom. The van der Waals surface area contributed by atoms with Crippen LogP contribution in [-0.4, -0.2) is 28.0 Å². The van der Waals surface area contributed by atoms with Crippen LogP contribution in [0.2, 0.25) is 0 Å². The maximum Gasteiger partial charge on any atom is 0.0706 e. The lowest BCUT2D eigenvalue weighted by Crippen LogP contribution is -2.15. The zero-order valence-corrected chi connectivity index (χ0v) is 23.4. The first-order valence-electron chi connectivity index (χ1n) is 12.9. The molecule has 1 fully saturated rings. The van der Waals surface area contributed by atoms with E-state index >= 15 is 0 Å². The molecule has 1 saturated heterocycles. The fourth-order valence-electron chi connectivity index (χ4n) is 3.45. The molecule has 2 aromatic heterocycles. The average Bonchev–Trinajstić information content (AvgIpc) is 3.33. The Balaban J connectivity index is 0.000000487. The highest BCUT2D eigenvalue weighted by Gasteiger charge is 2.12. The van der Waals surface area contributed by atoms with Gasteiger partial charge >= 0.3 is 0 Å². The lowest BCUT2D eigenvalue weighted by atomic mass is 9.86. The lowest BCUT2D eigenvalue weighted by Gasteiger charge is -2.20. The fourth-order valence-corrected chi connectivity index (χ4v) is 3.45. The Morgan fingerprint density at radius 3 is 2.03 bits per heavy atom. The van der Waals surface area contributed by atoms with Crippen molar-refractivity contribution in [3.8, 4) is 11.3 Å². The van der Waals surface area contributed by atoms with Crippen molar-refractivity contribution in [3.05, 3.63) is 59.7 Å². The van der Waals surface area contributed by atoms with Gasteiger partial charge in [0, 0.05) is 41.9 Å². The normalized spacial score (nSPS) is 12.5. The molecule has 1 aliphatic rings. The minimum Gasteiger partial charge on any atom is -0.376 e. The Morgan fingerprint density at radius 1 is 1.03 bits per heavy atom. The zero-order valence-electron chi connectivity index (χ0n) is 23.4. The summed E-state index contributed by atoms with van der Waals surface area (Å²) in [5.74, 6) is 0. The second-order valence-corrected chi connectivity index (χ2v) is 9.48. The van der Waals surface area contributed by atoms with E-state index in [1.54, 1.807) is 0 Å². The van der Waals surface area contributed by atoms with Crippen LogP contribution in [0.4, 0.5) is 0 Å². The van der Waals surface area contributed by atoms with Crippen LogP contribution in [0.3, 0.4) is 0 Å². The van der Waals surface area contributed by atoms with E-state index in [1.807, 2.05) is 40.0 Å². The number of hydrogen-bond acceptors (Lipinski definition) is 3. The first-order chi connectivity index (χ1) is 15.6. The van der Waals surface area contributed by atoms with Crippen LogP contribution in [0.5, 0.6) is 0 Å². The molecule has 0 aromatic carbocycles. The maximum atomic E-state index is 4.56. The molecule has 186 valence electrons. The van der Waals surface area contributed by atoms with Gasteiger partial charge in [-0.3, -0.25) is 9.97 Å². The topological polar surface area (TPSA) is 29.0 Å². The van der Waals surface area contributed by atoms with Crippen molar-refractivity contribution in [1.82, 2.24) is 14.9 Å². The predicted octanol–water partition coefficient (Wildman–Crippen LogP) is 8.93. The van der Waals surface area contributed by atoms with Crippen molar-refractivity contribution in [3.63, 3.8) is 0 Å². The number of aryl methyl sites for hydroxylation is 3. The van der Waals surface area contributed by atoms with Crippen LogP contribution < -0.4 is 0 Å². The zero-order chi connectivity index (χ0) is 25.4. The number of rotatable bonds is 5. The van der Waals surface area contributed by atoms with Gasteiger partial charge in [0.1, 0.15) is 0 Å². The van der Waals surface area contributed by atoms with Crippen LogP contribution in [0.1, 0.15) is 97.5 Å². The van der Waals surface area contributed by atoms with E-state index in [1.165, 1.54) is 56.5 Å². The molecule has 3 rings (SSSR count). The van der Waals surface area contributed by atoms with Crippen molar-refractivity contribution >= 4 is 0 Å². The second kappa shape index (κ2) is 16.5. The fraction of sp³-hybridized carbons (Fsp3) is 0.600. The third kappa shape index (κ3) is 12.6. The molecule has 33 heavy (non-hydrogen) atoms. The van der Waals surface area contributed by atoms with Crippen molar-refractivity contribution in [2.75, 3.05) is 13.1 Å². The summed E-state index contributed by atoms with van der Waals surface area (Å²) in [6.07, 6.45) is 8.52. The molecule has 2 aromatic rings. The van der Waals surface area contributed by atoms with Crippen LogP contribution in [-0.2, 0) is 0 Å². The summed E-state index contributed by atoms with van der Waals surface area (Å²) in [5, 5.41) is 0. The molecule has 0 radical (unpaired) electrons. The van der Waals surface area contributed by atoms with Gasteiger partial charge < -0.3 is 4.90 Å². The van der Waals surface area contributed by atoms with Crippen LogP contribution in [0, 0.1) is 26.2 Å². The Hall–Kier alpha value is -2.16. The number of hydrogen-bond donors (Lipinski definition) is 0. The highest BCUT2D eigenvalue weighted by Crippen LogP contribution is 2.25. The van der Waals surface area contributed by atoms with Gasteiger partial charge in [0.25, 0.3) is 0 Å². The number of likely N-dealkylation sites (tertiary alicyclic amines) is 1. The van der Waals surface area contributed by atoms with Crippen molar-refractivity contribution in [2.24, 2.45) is 5.41 Å². The molecule has 0 saturated carbocycles. The molecule has 3 nitrogen and oxygen atoms in total. The maximum absolute atomic E-state index is 4.56. The summed E-state index contributed by atoms with van der Waals surface area (Å²) in [5.41, 5.74) is 7.30. The van der Waals surface area contributed by atoms with Crippen LogP contribution >= 0.6 is 0 Å². The molecule has 0 bridgehead atoms. The van der Waals surface area contributed by atoms with Gasteiger partial charge in [-0.1, -0.05) is 67.0 Å². The van der Waals surface area contributed by atoms with Crippen LogP contribution in [0.15, 0.2) is 42.7 Å². The predicted molar refractivity (Wildman–Crippen MR) is 148 cm³/mol. The van der Waals surface area contributed by atoms with E-state index in [9.17, 15) is 0 Å². The van der Waals surface area contributed by atoms with Gasteiger partial charge in [-0.25, -0.2) is 0 Å². The van der Waals surface area contributed by atoms with Gasteiger partial charge in [-0.2, -0.15) is 0 Å². The number of allylic oxidation sites excluding steroid dienone is 1. The van der Waals surface area contributed by atoms with Crippen molar-refractivity contribution < 1.29 is 0 Å². The molecule has 0 N–H and O–H groups in total. The average molecular weight is 454 g/mol. The molecule has 0 spiro atoms. The number of nitrogens with zero attached hydrogens (tertiary/aromatic N) is 3. The van der Waals surface area contributed by atoms with Crippen molar-refractivity contribution in [1.29, 1.82) is 0 Å². The Kier molecular flexibility index (Phi) is 15.4. The second-order valence-electron chi connectivity index (χ2n) is 9.48. The van der Waals surface area contributed by atoms with Gasteiger partial charge in [-0.05, 0) is 76.1 Å². The van der Waals surface area contributed by atoms with E-state index < -0.39 is 0 Å². The summed E-state index contributed by atoms with van der Waals surface area (Å²) in [4.78, 5) is 11.1. The number of pyridine rings is 2. The van der Waals surface area contributed by atoms with Gasteiger partial charge in [0.15, 0.2) is 0 Å². The molecular weight excluding hydrogens is 402 g/mol. The van der Waals surface area contributed by atoms with Gasteiger partial charge in [-0.15, -0.1) is 0 Å². The molecule has 3 heteroatoms. The first kappa shape index (κ1) is 30.8. The summed E-state index contributed by atoms with van der Waals surface area (Å²) in [6, 6.07) is 8.20. The minimum absolute atomic E-state index is 0.592. The molecule has 3 heterocycles. The molecule has 0 aliphatic carbocycles. The monoisotopic (exact) mass is 453 g/mol. The van der Waals surface area contributed by atoms with E-state index in [2.05, 4.69) is 81.2 Å². The summed E-state index contributed by atoms with van der Waals surface area (Å²) >= 11 is 0. The smallest absolute Gasteiger partial charge is 0.0706 e. The van der Waals surface area contributed by atoms with E-state index in [0.29, 0.717) is 5.41 Å². The van der Waals surface area contributed by atoms with Crippen molar-refractivity contribution in [2.45, 2.75) is 101 Å². The molecule has 0 unspecified atom stereocenters. The third-order valence-corrected chi connectivity index (χ3v) is 6.07. The summed E-state index contributed by atoms with van der Waals surface area (Å²) in [7, 11) is 0. The first-order valence-corrected chi connectivity index (χ1v) is 12.9. The van der Waals surface area contributed by atoms with E-state index in [0.717, 1.165) is 22.6 Å². The Bertz CT molecular complexity index is 802. The Labute approximate surface area is 205 Å². The lowest BCUT2D eigenvalue weighted by molar-refractivity contribution is 0.319. The third-order valence-electron chi connectivity index (χ3n) is 6.07. The van der Waals surface area contributed by atoms with E-state index in [4.69, 9.17) is 0 Å². The summed E-state index contributed by atoms with van der Waals surface area (Å²) < 4.78 is 0. The molecule has 1 aliphatic heterocycles. The number of aromatic nitrogens is 2. The van der Waals surface area contributed by atoms with E-state index in [-0.39, 0.29) is 0 Å². The highest BCUT2D eigenvalue weighted by atomic mass is 15.1. The summed E-state index contributed by atoms with van der Waals surface area (Å²) in [6.45, 7) is 27.7. The molecular formula is C30H51N3. The molecule has 0 atom stereocenters. The quantitative estimate of drug-likeness (QED) is 0.452. The standard InChI is InChI=1S/C13H14N2.C8H18.C7H13N.C2H6/c1-9-4-5-13(15-11(9)3)12-6-7-14-10(2)8-12;1-5-7-8(3,4)6-2;1-7(2)8-5-3-4-6-8;1-2/h4-8H,1-3H3;5-7H2,1-4H3;1,3-6H2,2H3;1-2H3. The highest BCUT2D eigenvalue weighted by molar-refractivity contribution is 5.59. The van der Waals surface area contributed by atoms with Crippen LogP contribution in [0.25, 0.3) is 11.3 Å². The largest absolute Gasteiger partial charge is 0.376 e. The minimum atomic E-state index is 0.592. The molecule has 0 amide bonds. The SMILES string of the molecule is C=C(C)N1CCCC1.CC.CCCC(C)(C)CC.Cc1cc(-c2ccc(C)c(C)n2)ccn1. The van der Waals surface area contributed by atoms with Gasteiger partial charge in [0.2, 0.25) is 0 Å².